The molecule has 0 aliphatic rings. The molecule has 21 heavy (non-hydrogen) atoms. The van der Waals surface area contributed by atoms with Crippen molar-refractivity contribution >= 4 is 22.9 Å². The molecule has 1 aromatic carbocycles. The largest absolute Gasteiger partial charge is 0.389 e. The first-order valence-corrected chi connectivity index (χ1v) is 6.51. The highest BCUT2D eigenvalue weighted by molar-refractivity contribution is 7.80. The average Bonchev–Trinajstić information content (AvgIpc) is 2.47. The van der Waals surface area contributed by atoms with E-state index >= 15 is 0 Å². The van der Waals surface area contributed by atoms with Crippen LogP contribution in [-0.4, -0.2) is 19.7 Å². The van der Waals surface area contributed by atoms with Gasteiger partial charge in [-0.15, -0.1) is 0 Å². The van der Waals surface area contributed by atoms with Gasteiger partial charge >= 0.3 is 0 Å². The third kappa shape index (κ3) is 2.95. The lowest BCUT2D eigenvalue weighted by atomic mass is 10.1. The number of nitrogens with zero attached hydrogens (tertiary/aromatic N) is 3. The molecule has 0 radical (unpaired) electrons. The number of thiocarbonyl (C=S) groups is 1. The SMILES string of the molecule is CCn1nc(-c2ccc([N+](=O)[O-])cc2)cc(C(N)=S)c1=O. The highest BCUT2D eigenvalue weighted by Crippen LogP contribution is 2.20. The second kappa shape index (κ2) is 5.80. The summed E-state index contributed by atoms with van der Waals surface area (Å²) in [6.07, 6.45) is 0. The number of aromatic nitrogens is 2. The molecule has 1 heterocycles. The number of nitrogens with two attached hydrogens (primary N) is 1. The number of aryl methyl sites for hydroxylation is 1. The van der Waals surface area contributed by atoms with E-state index in [2.05, 4.69) is 5.10 Å². The molecule has 0 fully saturated rings. The van der Waals surface area contributed by atoms with Crippen molar-refractivity contribution < 1.29 is 4.92 Å². The third-order valence-corrected chi connectivity index (χ3v) is 3.13. The molecule has 2 rings (SSSR count). The van der Waals surface area contributed by atoms with E-state index in [1.807, 2.05) is 0 Å². The summed E-state index contributed by atoms with van der Waals surface area (Å²) < 4.78 is 1.26. The number of rotatable bonds is 4. The van der Waals surface area contributed by atoms with E-state index < -0.39 is 4.92 Å². The van der Waals surface area contributed by atoms with Gasteiger partial charge in [0.25, 0.3) is 11.2 Å². The van der Waals surface area contributed by atoms with Gasteiger partial charge in [0.1, 0.15) is 4.99 Å². The Labute approximate surface area is 125 Å². The van der Waals surface area contributed by atoms with E-state index in [-0.39, 0.29) is 21.8 Å². The smallest absolute Gasteiger partial charge is 0.277 e. The number of hydrogen-bond donors (Lipinski definition) is 1. The molecule has 0 aliphatic carbocycles. The molecule has 0 aliphatic heterocycles. The minimum absolute atomic E-state index is 0.00670. The topological polar surface area (TPSA) is 104 Å². The maximum absolute atomic E-state index is 12.0. The molecule has 108 valence electrons. The van der Waals surface area contributed by atoms with Crippen molar-refractivity contribution in [2.45, 2.75) is 13.5 Å². The summed E-state index contributed by atoms with van der Waals surface area (Å²) in [6, 6.07) is 7.37. The van der Waals surface area contributed by atoms with Crippen LogP contribution in [-0.2, 0) is 6.54 Å². The Kier molecular flexibility index (Phi) is 4.08. The van der Waals surface area contributed by atoms with Gasteiger partial charge in [-0.3, -0.25) is 14.9 Å². The molecule has 2 N–H and O–H groups in total. The van der Waals surface area contributed by atoms with E-state index in [1.54, 1.807) is 19.1 Å². The number of non-ortho nitro benzene ring substituents is 1. The van der Waals surface area contributed by atoms with Gasteiger partial charge in [0.15, 0.2) is 0 Å². The lowest BCUT2D eigenvalue weighted by Crippen LogP contribution is -2.30. The Morgan fingerprint density at radius 1 is 1.43 bits per heavy atom. The average molecular weight is 304 g/mol. The van der Waals surface area contributed by atoms with Crippen molar-refractivity contribution in [1.82, 2.24) is 9.78 Å². The van der Waals surface area contributed by atoms with Crippen molar-refractivity contribution in [3.8, 4) is 11.3 Å². The molecule has 0 bridgehead atoms. The molecule has 0 saturated heterocycles. The second-order valence-electron chi connectivity index (χ2n) is 4.23. The molecule has 1 aromatic heterocycles. The summed E-state index contributed by atoms with van der Waals surface area (Å²) in [7, 11) is 0. The van der Waals surface area contributed by atoms with Gasteiger partial charge in [-0.1, -0.05) is 12.2 Å². The van der Waals surface area contributed by atoms with E-state index in [0.29, 0.717) is 17.8 Å². The predicted molar refractivity (Wildman–Crippen MR) is 82.1 cm³/mol. The molecular weight excluding hydrogens is 292 g/mol. The van der Waals surface area contributed by atoms with Gasteiger partial charge in [0, 0.05) is 24.2 Å². The number of hydrogen-bond acceptors (Lipinski definition) is 5. The first-order valence-electron chi connectivity index (χ1n) is 6.10. The highest BCUT2D eigenvalue weighted by atomic mass is 32.1. The van der Waals surface area contributed by atoms with Crippen LogP contribution in [0, 0.1) is 10.1 Å². The van der Waals surface area contributed by atoms with Crippen LogP contribution in [0.15, 0.2) is 35.1 Å². The Morgan fingerprint density at radius 2 is 2.05 bits per heavy atom. The van der Waals surface area contributed by atoms with Gasteiger partial charge in [0.2, 0.25) is 0 Å². The Morgan fingerprint density at radius 3 is 2.52 bits per heavy atom. The lowest BCUT2D eigenvalue weighted by Gasteiger charge is -2.08. The van der Waals surface area contributed by atoms with E-state index in [4.69, 9.17) is 18.0 Å². The number of nitro benzene ring substituents is 1. The number of benzene rings is 1. The summed E-state index contributed by atoms with van der Waals surface area (Å²) in [5.74, 6) is 0. The molecule has 0 spiro atoms. The maximum atomic E-state index is 12.0. The first-order chi connectivity index (χ1) is 9.93. The summed E-state index contributed by atoms with van der Waals surface area (Å²) in [5.41, 5.74) is 6.51. The van der Waals surface area contributed by atoms with E-state index in [0.717, 1.165) is 0 Å². The summed E-state index contributed by atoms with van der Waals surface area (Å²) in [5, 5.41) is 14.8. The Balaban J connectivity index is 2.58. The molecule has 0 saturated carbocycles. The molecule has 7 nitrogen and oxygen atoms in total. The van der Waals surface area contributed by atoms with E-state index in [9.17, 15) is 14.9 Å². The van der Waals surface area contributed by atoms with Crippen LogP contribution in [0.5, 0.6) is 0 Å². The van der Waals surface area contributed by atoms with Crippen LogP contribution >= 0.6 is 12.2 Å². The summed E-state index contributed by atoms with van der Waals surface area (Å²) in [6.45, 7) is 2.15. The van der Waals surface area contributed by atoms with Gasteiger partial charge in [-0.25, -0.2) is 4.68 Å². The van der Waals surface area contributed by atoms with Crippen LogP contribution < -0.4 is 11.3 Å². The van der Waals surface area contributed by atoms with E-state index in [1.165, 1.54) is 22.9 Å². The number of nitro groups is 1. The molecule has 0 unspecified atom stereocenters. The monoisotopic (exact) mass is 304 g/mol. The predicted octanol–water partition coefficient (Wildman–Crippen LogP) is 1.47. The fourth-order valence-corrected chi connectivity index (χ4v) is 1.97. The first kappa shape index (κ1) is 14.8. The maximum Gasteiger partial charge on any atom is 0.277 e. The minimum atomic E-state index is -0.482. The second-order valence-corrected chi connectivity index (χ2v) is 4.67. The Hall–Kier alpha value is -2.61. The van der Waals surface area contributed by atoms with Crippen LogP contribution in [0.1, 0.15) is 12.5 Å². The van der Waals surface area contributed by atoms with Crippen molar-refractivity contribution in [3.05, 3.63) is 56.4 Å². The van der Waals surface area contributed by atoms with Crippen LogP contribution in [0.4, 0.5) is 5.69 Å². The summed E-state index contributed by atoms with van der Waals surface area (Å²) >= 11 is 4.87. The molecule has 2 aromatic rings. The van der Waals surface area contributed by atoms with Crippen LogP contribution in [0.25, 0.3) is 11.3 Å². The normalized spacial score (nSPS) is 10.3. The van der Waals surface area contributed by atoms with Gasteiger partial charge in [-0.05, 0) is 25.1 Å². The van der Waals surface area contributed by atoms with Crippen LogP contribution in [0.2, 0.25) is 0 Å². The quantitative estimate of drug-likeness (QED) is 0.521. The fourth-order valence-electron chi connectivity index (χ4n) is 1.83. The lowest BCUT2D eigenvalue weighted by molar-refractivity contribution is -0.384. The Bertz CT molecular complexity index is 768. The van der Waals surface area contributed by atoms with Crippen molar-refractivity contribution in [2.24, 2.45) is 5.73 Å². The van der Waals surface area contributed by atoms with Gasteiger partial charge in [-0.2, -0.15) is 5.10 Å². The van der Waals surface area contributed by atoms with Gasteiger partial charge < -0.3 is 5.73 Å². The van der Waals surface area contributed by atoms with Crippen molar-refractivity contribution in [1.29, 1.82) is 0 Å². The van der Waals surface area contributed by atoms with Gasteiger partial charge in [0.05, 0.1) is 16.2 Å². The molecule has 8 heteroatoms. The molecule has 0 atom stereocenters. The van der Waals surface area contributed by atoms with Crippen molar-refractivity contribution in [3.63, 3.8) is 0 Å². The minimum Gasteiger partial charge on any atom is -0.389 e. The van der Waals surface area contributed by atoms with Crippen molar-refractivity contribution in [2.75, 3.05) is 0 Å². The fraction of sp³-hybridized carbons (Fsp3) is 0.154. The molecular formula is C13H12N4O3S. The zero-order chi connectivity index (χ0) is 15.6. The zero-order valence-electron chi connectivity index (χ0n) is 11.1. The summed E-state index contributed by atoms with van der Waals surface area (Å²) in [4.78, 5) is 22.2. The van der Waals surface area contributed by atoms with Crippen LogP contribution in [0.3, 0.4) is 0 Å². The standard InChI is InChI=1S/C13H12N4O3S/c1-2-16-13(18)10(12(14)21)7-11(15-16)8-3-5-9(6-4-8)17(19)20/h3-7H,2H2,1H3,(H2,14,21). The zero-order valence-corrected chi connectivity index (χ0v) is 12.0. The highest BCUT2D eigenvalue weighted by Gasteiger charge is 2.12. The third-order valence-electron chi connectivity index (χ3n) is 2.91. The molecule has 0 amide bonds.